The molecule has 0 aliphatic rings. The van der Waals surface area contributed by atoms with Gasteiger partial charge in [0.1, 0.15) is 9.74 Å². The summed E-state index contributed by atoms with van der Waals surface area (Å²) in [5.74, 6) is 0. The molecule has 0 fully saturated rings. The fourth-order valence-electron chi connectivity index (χ4n) is 5.26. The zero-order valence-corrected chi connectivity index (χ0v) is 28.3. The van der Waals surface area contributed by atoms with Gasteiger partial charge in [-0.3, -0.25) is 4.68 Å². The maximum absolute atomic E-state index is 14.0. The Morgan fingerprint density at radius 2 is 1.57 bits per heavy atom. The number of rotatable bonds is 11. The van der Waals surface area contributed by atoms with Gasteiger partial charge in [0.25, 0.3) is 10.0 Å². The Morgan fingerprint density at radius 3 is 2.23 bits per heavy atom. The van der Waals surface area contributed by atoms with Crippen LogP contribution in [0.1, 0.15) is 16.7 Å². The number of aliphatic hydroxyl groups is 1. The topological polar surface area (TPSA) is 143 Å². The Kier molecular flexibility index (Phi) is 9.68. The van der Waals surface area contributed by atoms with Gasteiger partial charge in [-0.1, -0.05) is 71.1 Å². The Morgan fingerprint density at radius 1 is 0.915 bits per heavy atom. The summed E-state index contributed by atoms with van der Waals surface area (Å²) in [5, 5.41) is 23.7. The first-order valence-corrected chi connectivity index (χ1v) is 17.5. The monoisotopic (exact) mass is 761 g/mol. The summed E-state index contributed by atoms with van der Waals surface area (Å²) in [6, 6.07) is 28.2. The van der Waals surface area contributed by atoms with Gasteiger partial charge in [0, 0.05) is 53.4 Å². The SMILES string of the molecule is CC(I)n1cc(-c2ccnc3c2cc(CNCCO)n3S(=O)(=O)c2ccccc2)c(-c2ccc(NC(=O)Nc3ccccc3)cc2)n1. The first-order chi connectivity index (χ1) is 22.8. The van der Waals surface area contributed by atoms with Crippen molar-refractivity contribution in [3.8, 4) is 22.4 Å². The number of nitrogens with zero attached hydrogens (tertiary/aromatic N) is 4. The van der Waals surface area contributed by atoms with Crippen LogP contribution in [0, 0.1) is 0 Å². The lowest BCUT2D eigenvalue weighted by Gasteiger charge is -2.12. The molecule has 13 heteroatoms. The van der Waals surface area contributed by atoms with E-state index in [1.54, 1.807) is 36.5 Å². The number of carbonyl (C=O) groups excluding carboxylic acids is 1. The standard InChI is InChI=1S/C34H32IN7O4S/c1-23(35)41-22-31(32(40-41)24-12-14-26(15-13-24)39-34(44)38-25-8-4-2-5-9-25)29-16-17-37-33-30(29)20-27(21-36-18-19-43)42(33)47(45,46)28-10-6-3-7-11-28/h2-17,20,22-23,36,43H,18-19,21H2,1H3,(H2,38,39,44). The van der Waals surface area contributed by atoms with E-state index in [9.17, 15) is 18.3 Å². The number of aromatic nitrogens is 4. The third-order valence-corrected chi connectivity index (χ3v) is 9.77. The molecule has 240 valence electrons. The van der Waals surface area contributed by atoms with Crippen molar-refractivity contribution in [2.24, 2.45) is 0 Å². The van der Waals surface area contributed by atoms with Crippen molar-refractivity contribution in [2.75, 3.05) is 23.8 Å². The third-order valence-electron chi connectivity index (χ3n) is 7.44. The molecule has 47 heavy (non-hydrogen) atoms. The van der Waals surface area contributed by atoms with Gasteiger partial charge in [-0.15, -0.1) is 0 Å². The van der Waals surface area contributed by atoms with Crippen molar-refractivity contribution in [2.45, 2.75) is 22.4 Å². The molecule has 0 spiro atoms. The number of nitrogens with one attached hydrogen (secondary N) is 3. The maximum atomic E-state index is 14.0. The summed E-state index contributed by atoms with van der Waals surface area (Å²) in [6.45, 7) is 2.44. The number of hydrogen-bond acceptors (Lipinski definition) is 7. The quantitative estimate of drug-likeness (QED) is 0.0673. The van der Waals surface area contributed by atoms with Crippen molar-refractivity contribution in [3.63, 3.8) is 0 Å². The van der Waals surface area contributed by atoms with E-state index >= 15 is 0 Å². The van der Waals surface area contributed by atoms with Crippen molar-refractivity contribution in [3.05, 3.63) is 115 Å². The molecule has 3 aromatic heterocycles. The van der Waals surface area contributed by atoms with Crippen LogP contribution in [0.3, 0.4) is 0 Å². The number of benzene rings is 3. The minimum Gasteiger partial charge on any atom is -0.395 e. The molecular weight excluding hydrogens is 729 g/mol. The van der Waals surface area contributed by atoms with Gasteiger partial charge in [-0.2, -0.15) is 5.10 Å². The van der Waals surface area contributed by atoms with E-state index in [1.807, 2.05) is 84.5 Å². The molecule has 0 saturated heterocycles. The largest absolute Gasteiger partial charge is 0.395 e. The van der Waals surface area contributed by atoms with Crippen LogP contribution >= 0.6 is 22.6 Å². The molecular formula is C34H32IN7O4S. The highest BCUT2D eigenvalue weighted by atomic mass is 127. The van der Waals surface area contributed by atoms with Crippen molar-refractivity contribution < 1.29 is 18.3 Å². The van der Waals surface area contributed by atoms with Crippen LogP contribution in [0.25, 0.3) is 33.4 Å². The Balaban J connectivity index is 1.41. The van der Waals surface area contributed by atoms with Gasteiger partial charge < -0.3 is 21.1 Å². The summed E-state index contributed by atoms with van der Waals surface area (Å²) >= 11 is 2.29. The maximum Gasteiger partial charge on any atom is 0.323 e. The molecule has 0 radical (unpaired) electrons. The highest BCUT2D eigenvalue weighted by Crippen LogP contribution is 2.38. The third kappa shape index (κ3) is 6.93. The summed E-state index contributed by atoms with van der Waals surface area (Å²) in [4.78, 5) is 17.2. The highest BCUT2D eigenvalue weighted by molar-refractivity contribution is 14.1. The van der Waals surface area contributed by atoms with Gasteiger partial charge in [-0.05, 0) is 61.0 Å². The lowest BCUT2D eigenvalue weighted by Crippen LogP contribution is -2.23. The van der Waals surface area contributed by atoms with Crippen LogP contribution in [-0.4, -0.2) is 51.4 Å². The normalized spacial score (nSPS) is 12.2. The van der Waals surface area contributed by atoms with Gasteiger partial charge in [0.2, 0.25) is 0 Å². The molecule has 0 aliphatic carbocycles. The number of amides is 2. The molecule has 4 N–H and O–H groups in total. The first kappa shape index (κ1) is 32.4. The lowest BCUT2D eigenvalue weighted by molar-refractivity contribution is 0.262. The van der Waals surface area contributed by atoms with Crippen molar-refractivity contribution in [1.82, 2.24) is 24.1 Å². The van der Waals surface area contributed by atoms with Crippen LogP contribution in [-0.2, 0) is 16.6 Å². The zero-order chi connectivity index (χ0) is 33.0. The van der Waals surface area contributed by atoms with Crippen molar-refractivity contribution in [1.29, 1.82) is 0 Å². The fourth-order valence-corrected chi connectivity index (χ4v) is 7.05. The first-order valence-electron chi connectivity index (χ1n) is 14.8. The van der Waals surface area contributed by atoms with E-state index in [-0.39, 0.29) is 33.8 Å². The molecule has 3 heterocycles. The van der Waals surface area contributed by atoms with Crippen LogP contribution < -0.4 is 16.0 Å². The number of alkyl halides is 1. The van der Waals surface area contributed by atoms with E-state index in [0.717, 1.165) is 16.7 Å². The number of urea groups is 1. The number of pyridine rings is 1. The second-order valence-corrected chi connectivity index (χ2v) is 14.3. The van der Waals surface area contributed by atoms with Crippen LogP contribution in [0.5, 0.6) is 0 Å². The number of hydrogen-bond donors (Lipinski definition) is 4. The molecule has 2 amide bonds. The molecule has 1 unspecified atom stereocenters. The van der Waals surface area contributed by atoms with Crippen LogP contribution in [0.15, 0.2) is 114 Å². The zero-order valence-electron chi connectivity index (χ0n) is 25.3. The van der Waals surface area contributed by atoms with E-state index in [1.165, 1.54) is 3.97 Å². The van der Waals surface area contributed by atoms with Crippen LogP contribution in [0.4, 0.5) is 16.2 Å². The average Bonchev–Trinajstić information content (AvgIpc) is 3.69. The summed E-state index contributed by atoms with van der Waals surface area (Å²) < 4.78 is 31.2. The Labute approximate surface area is 285 Å². The minimum absolute atomic E-state index is 0.0290. The van der Waals surface area contributed by atoms with Crippen molar-refractivity contribution >= 4 is 61.1 Å². The smallest absolute Gasteiger partial charge is 0.323 e. The molecule has 0 saturated carbocycles. The molecule has 6 rings (SSSR count). The van der Waals surface area contributed by atoms with Gasteiger partial charge in [0.05, 0.1) is 17.2 Å². The number of aliphatic hydroxyl groups excluding tert-OH is 1. The predicted molar refractivity (Wildman–Crippen MR) is 192 cm³/mol. The Bertz CT molecular complexity index is 2120. The molecule has 6 aromatic rings. The summed E-state index contributed by atoms with van der Waals surface area (Å²) in [5.41, 5.74) is 5.15. The van der Waals surface area contributed by atoms with E-state index in [2.05, 4.69) is 43.5 Å². The number of carbonyl (C=O) groups is 1. The number of para-hydroxylation sites is 1. The molecule has 0 bridgehead atoms. The second kappa shape index (κ2) is 14.0. The Hall–Kier alpha value is -4.57. The number of fused-ring (bicyclic) bond motifs is 1. The summed E-state index contributed by atoms with van der Waals surface area (Å²) in [7, 11) is -4.00. The van der Waals surface area contributed by atoms with Gasteiger partial charge >= 0.3 is 6.03 Å². The number of halogens is 1. The van der Waals surface area contributed by atoms with Gasteiger partial charge in [-0.25, -0.2) is 22.2 Å². The minimum atomic E-state index is -4.00. The molecule has 3 aromatic carbocycles. The second-order valence-electron chi connectivity index (χ2n) is 10.7. The number of anilines is 2. The lowest BCUT2D eigenvalue weighted by atomic mass is 10.00. The van der Waals surface area contributed by atoms with E-state index in [4.69, 9.17) is 5.10 Å². The highest BCUT2D eigenvalue weighted by Gasteiger charge is 2.26. The molecule has 0 aliphatic heterocycles. The average molecular weight is 762 g/mol. The predicted octanol–water partition coefficient (Wildman–Crippen LogP) is 6.48. The molecule has 1 atom stereocenters. The van der Waals surface area contributed by atoms with E-state index < -0.39 is 10.0 Å². The van der Waals surface area contributed by atoms with Crippen LogP contribution in [0.2, 0.25) is 0 Å². The fraction of sp³-hybridized carbons (Fsp3) is 0.147. The molecule has 11 nitrogen and oxygen atoms in total. The summed E-state index contributed by atoms with van der Waals surface area (Å²) in [6.07, 6.45) is 3.56. The van der Waals surface area contributed by atoms with E-state index in [0.29, 0.717) is 34.7 Å². The van der Waals surface area contributed by atoms with Gasteiger partial charge in [0.15, 0.2) is 5.65 Å².